The van der Waals surface area contributed by atoms with E-state index in [1.165, 1.54) is 14.2 Å². The van der Waals surface area contributed by atoms with Crippen LogP contribution in [0.2, 0.25) is 0 Å². The van der Waals surface area contributed by atoms with E-state index in [-0.39, 0.29) is 138 Å². The van der Waals surface area contributed by atoms with Crippen LogP contribution in [0.15, 0.2) is 9.98 Å². The molecule has 0 aromatic carbocycles. The summed E-state index contributed by atoms with van der Waals surface area (Å²) in [5.74, 6) is -1.68. The van der Waals surface area contributed by atoms with Crippen LogP contribution in [0.4, 0.5) is 0 Å². The average Bonchev–Trinajstić information content (AvgIpc) is 2.35. The summed E-state index contributed by atoms with van der Waals surface area (Å²) in [6.07, 6.45) is -1.29. The first-order chi connectivity index (χ1) is 8.85. The number of carbonyl (C=O) groups is 1. The van der Waals surface area contributed by atoms with Gasteiger partial charge in [-0.15, -0.1) is 0 Å². The molecule has 13 heteroatoms. The molecule has 0 spiro atoms. The van der Waals surface area contributed by atoms with E-state index in [4.69, 9.17) is 9.47 Å². The number of hydrogen-bond donors (Lipinski definition) is 0. The number of nitrogens with zero attached hydrogens (tertiary/aromatic N) is 2. The summed E-state index contributed by atoms with van der Waals surface area (Å²) < 4.78 is 9.94. The molecular formula is C12H20Hg2N2Na2O7. The van der Waals surface area contributed by atoms with Gasteiger partial charge in [-0.3, -0.25) is 9.79 Å². The molecule has 0 saturated carbocycles. The molecule has 0 aliphatic carbocycles. The summed E-state index contributed by atoms with van der Waals surface area (Å²) in [6, 6.07) is -1.08. The van der Waals surface area contributed by atoms with E-state index in [1.807, 2.05) is 0 Å². The van der Waals surface area contributed by atoms with E-state index in [0.717, 1.165) is 0 Å². The van der Waals surface area contributed by atoms with Gasteiger partial charge in [0.2, 0.25) is 0 Å². The number of rotatable bonds is 6. The average molecular weight is 751 g/mol. The zero-order valence-corrected chi connectivity index (χ0v) is 30.3. The molecule has 2 unspecified atom stereocenters. The van der Waals surface area contributed by atoms with Crippen LogP contribution in [-0.2, 0) is 69.6 Å². The van der Waals surface area contributed by atoms with Crippen molar-refractivity contribution in [3.63, 3.8) is 0 Å². The Hall–Kier alpha value is 2.19. The second kappa shape index (κ2) is 19.5. The molecule has 1 heterocycles. The molecule has 1 amide bonds. The summed E-state index contributed by atoms with van der Waals surface area (Å²) in [6.45, 7) is 7.32. The molecular weight excluding hydrogens is 731 g/mol. The van der Waals surface area contributed by atoms with Gasteiger partial charge in [-0.1, -0.05) is 6.10 Å². The molecule has 0 saturated heterocycles. The molecule has 4 N–H and O–H groups in total. The van der Waals surface area contributed by atoms with Gasteiger partial charge in [-0.05, 0) is 12.3 Å². The van der Waals surface area contributed by atoms with Crippen molar-refractivity contribution in [3.8, 4) is 0 Å². The third kappa shape index (κ3) is 11.7. The molecule has 1 aliphatic heterocycles. The Morgan fingerprint density at radius 3 is 1.96 bits per heavy atom. The van der Waals surface area contributed by atoms with E-state index < -0.39 is 35.4 Å². The third-order valence-electron chi connectivity index (χ3n) is 3.03. The minimum Gasteiger partial charge on any atom is -0.861 e. The van der Waals surface area contributed by atoms with Crippen molar-refractivity contribution < 1.29 is 150 Å². The molecule has 1 rings (SSSR count). The van der Waals surface area contributed by atoms with Crippen LogP contribution in [0.3, 0.4) is 0 Å². The Morgan fingerprint density at radius 2 is 1.60 bits per heavy atom. The normalized spacial score (nSPS) is 20.2. The molecule has 0 aromatic heterocycles. The standard InChI is InChI=1S/C12H18N2O5.2Hg.2Na.2H2O/c1-7(18-3)5-12(6-8(2)19-4)9(15)13-11(17)14-10(12)16;;;;;;/h7-8H,1-2,5-6H2,3-4H3,(H2,13,14,15,16,17);;;;;2*1H2/q;;;2*+1;;/p-2. The summed E-state index contributed by atoms with van der Waals surface area (Å²) in [5, 5.41) is 23.0. The molecule has 0 aromatic rings. The van der Waals surface area contributed by atoms with E-state index in [1.54, 1.807) is 0 Å². The van der Waals surface area contributed by atoms with Crippen LogP contribution in [-0.4, -0.2) is 55.2 Å². The Morgan fingerprint density at radius 1 is 1.12 bits per heavy atom. The molecule has 1 aliphatic rings. The van der Waals surface area contributed by atoms with E-state index in [9.17, 15) is 15.0 Å². The maximum absolute atomic E-state index is 12.0. The molecule has 0 fully saturated rings. The predicted octanol–water partition coefficient (Wildman–Crippen LogP) is -9.18. The fraction of sp³-hybridized carbons (Fsp3) is 0.583. The molecule has 0 radical (unpaired) electrons. The second-order valence-corrected chi connectivity index (χ2v) is 4.32. The van der Waals surface area contributed by atoms with Gasteiger partial charge < -0.3 is 37.6 Å². The first kappa shape index (κ1) is 41.5. The van der Waals surface area contributed by atoms with E-state index in [2.05, 4.69) is 23.8 Å². The van der Waals surface area contributed by atoms with E-state index in [0.29, 0.717) is 0 Å². The number of amidine groups is 1. The monoisotopic (exact) mass is 754 g/mol. The topological polar surface area (TPSA) is 169 Å². The van der Waals surface area contributed by atoms with Gasteiger partial charge in [0.1, 0.15) is 0 Å². The van der Waals surface area contributed by atoms with Crippen molar-refractivity contribution in [2.45, 2.75) is 25.0 Å². The molecule has 0 bridgehead atoms. The largest absolute Gasteiger partial charge is 1.00 e. The van der Waals surface area contributed by atoms with Crippen molar-refractivity contribution in [1.29, 1.82) is 0 Å². The molecule has 2 atom stereocenters. The van der Waals surface area contributed by atoms with Crippen molar-refractivity contribution in [1.82, 2.24) is 0 Å². The Balaban J connectivity index is -0.000000150. The quantitative estimate of drug-likeness (QED) is 0.194. The van der Waals surface area contributed by atoms with Crippen LogP contribution in [0, 0.1) is 19.3 Å². The van der Waals surface area contributed by atoms with Gasteiger partial charge in [-0.25, -0.2) is 4.99 Å². The van der Waals surface area contributed by atoms with Crippen LogP contribution in [0.1, 0.15) is 12.8 Å². The Labute approximate surface area is 233 Å². The number of amides is 1. The van der Waals surface area contributed by atoms with Gasteiger partial charge in [0.05, 0.1) is 18.4 Å². The molecule has 126 valence electrons. The SMILES string of the molecule is O.O.[CH2+]C(CC1(CC([CH2-])OC)C(=O)N=C([O-])N=C1[O-])OC.[Hg].[Hg].[Na+].[Na+]. The van der Waals surface area contributed by atoms with Gasteiger partial charge in [0.15, 0.2) is 6.10 Å². The molecule has 9 nitrogen and oxygen atoms in total. The number of carbonyl (C=O) groups excluding carboxylic acids is 1. The molecule has 25 heavy (non-hydrogen) atoms. The zero-order chi connectivity index (χ0) is 14.6. The minimum absolute atomic E-state index is 0. The number of aliphatic imine (C=N–C) groups is 2. The van der Waals surface area contributed by atoms with Crippen LogP contribution in [0.5, 0.6) is 0 Å². The number of ether oxygens (including phenoxy) is 2. The predicted molar refractivity (Wildman–Crippen MR) is 71.1 cm³/mol. The minimum atomic E-state index is -1.58. The maximum atomic E-state index is 12.0. The van der Waals surface area contributed by atoms with Gasteiger partial charge in [0, 0.05) is 76.0 Å². The first-order valence-corrected chi connectivity index (χ1v) is 5.63. The number of methoxy groups -OCH3 is 2. The summed E-state index contributed by atoms with van der Waals surface area (Å²) >= 11 is 0. The second-order valence-electron chi connectivity index (χ2n) is 4.32. The van der Waals surface area contributed by atoms with E-state index >= 15 is 0 Å². The summed E-state index contributed by atoms with van der Waals surface area (Å²) in [5.41, 5.74) is -1.58. The van der Waals surface area contributed by atoms with Crippen molar-refractivity contribution in [2.75, 3.05) is 14.2 Å². The van der Waals surface area contributed by atoms with Crippen LogP contribution in [0.25, 0.3) is 0 Å². The van der Waals surface area contributed by atoms with Gasteiger partial charge in [0.25, 0.3) is 5.91 Å². The Bertz CT molecular complexity index is 416. The zero-order valence-electron chi connectivity index (χ0n) is 15.3. The van der Waals surface area contributed by atoms with Crippen LogP contribution >= 0.6 is 0 Å². The Kier molecular flexibility index (Phi) is 32.4. The van der Waals surface area contributed by atoms with Crippen molar-refractivity contribution in [3.05, 3.63) is 13.8 Å². The fourth-order valence-electron chi connectivity index (χ4n) is 1.88. The summed E-state index contributed by atoms with van der Waals surface area (Å²) in [4.78, 5) is 18.5. The van der Waals surface area contributed by atoms with Crippen molar-refractivity contribution >= 4 is 17.8 Å². The summed E-state index contributed by atoms with van der Waals surface area (Å²) in [7, 11) is 2.81. The first-order valence-electron chi connectivity index (χ1n) is 5.63. The van der Waals surface area contributed by atoms with Crippen molar-refractivity contribution in [2.24, 2.45) is 15.4 Å². The maximum Gasteiger partial charge on any atom is 1.00 e. The van der Waals surface area contributed by atoms with Gasteiger partial charge >= 0.3 is 59.1 Å². The smallest absolute Gasteiger partial charge is 0.861 e. The fourth-order valence-corrected chi connectivity index (χ4v) is 1.88. The van der Waals surface area contributed by atoms with Crippen LogP contribution < -0.4 is 69.3 Å². The number of hydrogen-bond acceptors (Lipinski definition) is 6. The van der Waals surface area contributed by atoms with Gasteiger partial charge in [-0.2, -0.15) is 0 Å². The third-order valence-corrected chi connectivity index (χ3v) is 3.03.